The third-order valence-corrected chi connectivity index (χ3v) is 5.39. The number of aromatic nitrogens is 2. The van der Waals surface area contributed by atoms with Crippen molar-refractivity contribution in [3.8, 4) is 0 Å². The topological polar surface area (TPSA) is 127 Å². The van der Waals surface area contributed by atoms with Gasteiger partial charge in [-0.3, -0.25) is 9.52 Å². The van der Waals surface area contributed by atoms with Gasteiger partial charge in [-0.15, -0.1) is 10.2 Å². The Balaban J connectivity index is 2.30. The van der Waals surface area contributed by atoms with Crippen molar-refractivity contribution in [1.29, 1.82) is 0 Å². The molecule has 2 aromatic rings. The molecule has 0 aliphatic carbocycles. The normalized spacial score (nSPS) is 11.0. The molecule has 0 saturated carbocycles. The summed E-state index contributed by atoms with van der Waals surface area (Å²) in [6, 6.07) is 4.49. The van der Waals surface area contributed by atoms with Crippen LogP contribution in [0, 0.1) is 6.92 Å². The second kappa shape index (κ2) is 6.93. The summed E-state index contributed by atoms with van der Waals surface area (Å²) >= 11 is 0.712. The number of hydrogen-bond donors (Lipinski definition) is 2. The number of carbonyl (C=O) groups is 2. The quantitative estimate of drug-likeness (QED) is 0.601. The Bertz CT molecular complexity index is 892. The van der Waals surface area contributed by atoms with E-state index in [1.165, 1.54) is 26.2 Å². The summed E-state index contributed by atoms with van der Waals surface area (Å²) in [6.45, 7) is 2.96. The molecule has 0 fully saturated rings. The molecular weight excluding hydrogens is 356 g/mol. The summed E-state index contributed by atoms with van der Waals surface area (Å²) in [7, 11) is -2.78. The van der Waals surface area contributed by atoms with Gasteiger partial charge in [0.15, 0.2) is 0 Å². The molecule has 24 heavy (non-hydrogen) atoms. The van der Waals surface area contributed by atoms with E-state index in [1.807, 2.05) is 0 Å². The Kier molecular flexibility index (Phi) is 5.14. The van der Waals surface area contributed by atoms with Crippen molar-refractivity contribution in [1.82, 2.24) is 10.2 Å². The Morgan fingerprint density at radius 3 is 2.58 bits per heavy atom. The largest absolute Gasteiger partial charge is 0.465 e. The number of nitrogens with one attached hydrogen (secondary N) is 2. The number of sulfonamides is 1. The molecule has 1 aromatic heterocycles. The Morgan fingerprint density at radius 2 is 1.96 bits per heavy atom. The first kappa shape index (κ1) is 17.8. The number of aryl methyl sites for hydroxylation is 1. The van der Waals surface area contributed by atoms with E-state index in [0.29, 0.717) is 16.9 Å². The van der Waals surface area contributed by atoms with E-state index in [4.69, 9.17) is 0 Å². The van der Waals surface area contributed by atoms with Gasteiger partial charge in [-0.1, -0.05) is 17.4 Å². The fraction of sp³-hybridized carbons (Fsp3) is 0.231. The highest BCUT2D eigenvalue weighted by Crippen LogP contribution is 2.25. The highest BCUT2D eigenvalue weighted by atomic mass is 32.2. The molecule has 11 heteroatoms. The second-order valence-electron chi connectivity index (χ2n) is 4.68. The average Bonchev–Trinajstić information content (AvgIpc) is 2.97. The number of carbonyl (C=O) groups excluding carboxylic acids is 2. The highest BCUT2D eigenvalue weighted by molar-refractivity contribution is 7.94. The Labute approximate surface area is 142 Å². The molecule has 1 aromatic carbocycles. The molecule has 2 rings (SSSR count). The van der Waals surface area contributed by atoms with Crippen LogP contribution in [0.25, 0.3) is 0 Å². The Hall–Kier alpha value is -2.53. The molecule has 0 aliphatic rings. The summed E-state index contributed by atoms with van der Waals surface area (Å²) < 4.78 is 31.4. The van der Waals surface area contributed by atoms with Crippen LogP contribution in [-0.2, 0) is 19.6 Å². The molecule has 0 saturated heterocycles. The number of esters is 1. The molecular formula is C13H14N4O5S2. The van der Waals surface area contributed by atoms with Gasteiger partial charge in [-0.05, 0) is 24.6 Å². The van der Waals surface area contributed by atoms with Gasteiger partial charge in [0, 0.05) is 6.92 Å². The standard InChI is InChI=1S/C13H14N4O5S2/c1-7-4-5-9(11(19)22-3)6-10(7)17-24(20,21)13-16-15-12(23-13)14-8(2)18/h4-6,17H,1-3H3,(H,14,15,18). The number of anilines is 2. The van der Waals surface area contributed by atoms with Gasteiger partial charge < -0.3 is 10.1 Å². The maximum absolute atomic E-state index is 12.4. The molecule has 1 heterocycles. The maximum atomic E-state index is 12.4. The van der Waals surface area contributed by atoms with Gasteiger partial charge in [-0.25, -0.2) is 4.79 Å². The fourth-order valence-corrected chi connectivity index (χ4v) is 3.75. The number of nitrogens with zero attached hydrogens (tertiary/aromatic N) is 2. The number of methoxy groups -OCH3 is 1. The summed E-state index contributed by atoms with van der Waals surface area (Å²) in [6.07, 6.45) is 0. The van der Waals surface area contributed by atoms with Crippen LogP contribution in [0.3, 0.4) is 0 Å². The number of ether oxygens (including phenoxy) is 1. The number of amides is 1. The minimum Gasteiger partial charge on any atom is -0.465 e. The lowest BCUT2D eigenvalue weighted by atomic mass is 10.1. The minimum atomic E-state index is -4.01. The third-order valence-electron chi connectivity index (χ3n) is 2.82. The zero-order valence-corrected chi connectivity index (χ0v) is 14.6. The smallest absolute Gasteiger partial charge is 0.337 e. The summed E-state index contributed by atoms with van der Waals surface area (Å²) in [5.74, 6) is -0.969. The molecule has 0 aliphatic heterocycles. The first-order chi connectivity index (χ1) is 11.2. The maximum Gasteiger partial charge on any atom is 0.337 e. The first-order valence-electron chi connectivity index (χ1n) is 6.56. The van der Waals surface area contributed by atoms with Crippen LogP contribution in [0.2, 0.25) is 0 Å². The van der Waals surface area contributed by atoms with Crippen molar-refractivity contribution in [3.05, 3.63) is 29.3 Å². The van der Waals surface area contributed by atoms with Crippen LogP contribution in [0.15, 0.2) is 22.5 Å². The van der Waals surface area contributed by atoms with E-state index in [0.717, 1.165) is 0 Å². The second-order valence-corrected chi connectivity index (χ2v) is 7.51. The zero-order chi connectivity index (χ0) is 17.9. The van der Waals surface area contributed by atoms with Gasteiger partial charge in [0.1, 0.15) is 0 Å². The molecule has 1 amide bonds. The fourth-order valence-electron chi connectivity index (χ4n) is 1.68. The van der Waals surface area contributed by atoms with Crippen LogP contribution in [0.4, 0.5) is 10.8 Å². The molecule has 128 valence electrons. The SMILES string of the molecule is COC(=O)c1ccc(C)c(NS(=O)(=O)c2nnc(NC(C)=O)s2)c1. The zero-order valence-electron chi connectivity index (χ0n) is 13.0. The summed E-state index contributed by atoms with van der Waals surface area (Å²) in [5.41, 5.74) is 1.03. The van der Waals surface area contributed by atoms with E-state index < -0.39 is 16.0 Å². The Morgan fingerprint density at radius 1 is 1.25 bits per heavy atom. The van der Waals surface area contributed by atoms with Crippen LogP contribution in [0.1, 0.15) is 22.8 Å². The lowest BCUT2D eigenvalue weighted by Crippen LogP contribution is -2.14. The molecule has 9 nitrogen and oxygen atoms in total. The molecule has 0 spiro atoms. The predicted molar refractivity (Wildman–Crippen MR) is 87.5 cm³/mol. The molecule has 2 N–H and O–H groups in total. The highest BCUT2D eigenvalue weighted by Gasteiger charge is 2.22. The van der Waals surface area contributed by atoms with Crippen molar-refractivity contribution in [2.24, 2.45) is 0 Å². The average molecular weight is 370 g/mol. The van der Waals surface area contributed by atoms with Crippen molar-refractivity contribution < 1.29 is 22.7 Å². The van der Waals surface area contributed by atoms with E-state index in [1.54, 1.807) is 13.0 Å². The van der Waals surface area contributed by atoms with Crippen molar-refractivity contribution >= 4 is 44.1 Å². The van der Waals surface area contributed by atoms with Crippen LogP contribution >= 0.6 is 11.3 Å². The predicted octanol–water partition coefficient (Wildman–Crippen LogP) is 1.39. The van der Waals surface area contributed by atoms with Gasteiger partial charge in [0.2, 0.25) is 11.0 Å². The molecule has 0 atom stereocenters. The van der Waals surface area contributed by atoms with Crippen LogP contribution in [0.5, 0.6) is 0 Å². The van der Waals surface area contributed by atoms with E-state index in [2.05, 4.69) is 25.0 Å². The summed E-state index contributed by atoms with van der Waals surface area (Å²) in [5, 5.41) is 9.57. The first-order valence-corrected chi connectivity index (χ1v) is 8.86. The van der Waals surface area contributed by atoms with Crippen molar-refractivity contribution in [3.63, 3.8) is 0 Å². The number of rotatable bonds is 5. The van der Waals surface area contributed by atoms with Gasteiger partial charge >= 0.3 is 5.97 Å². The minimum absolute atomic E-state index is 0.0721. The van der Waals surface area contributed by atoms with Gasteiger partial charge in [-0.2, -0.15) is 8.42 Å². The van der Waals surface area contributed by atoms with Crippen molar-refractivity contribution in [2.75, 3.05) is 17.1 Å². The van der Waals surface area contributed by atoms with Crippen molar-refractivity contribution in [2.45, 2.75) is 18.2 Å². The number of hydrogen-bond acceptors (Lipinski definition) is 8. The summed E-state index contributed by atoms with van der Waals surface area (Å²) in [4.78, 5) is 22.5. The van der Waals surface area contributed by atoms with E-state index in [-0.39, 0.29) is 26.6 Å². The molecule has 0 unspecified atom stereocenters. The molecule has 0 bridgehead atoms. The third kappa shape index (κ3) is 4.06. The monoisotopic (exact) mass is 370 g/mol. The van der Waals surface area contributed by atoms with Gasteiger partial charge in [0.25, 0.3) is 14.4 Å². The van der Waals surface area contributed by atoms with E-state index in [9.17, 15) is 18.0 Å². The van der Waals surface area contributed by atoms with Crippen LogP contribution in [-0.4, -0.2) is 37.6 Å². The number of benzene rings is 1. The molecule has 0 radical (unpaired) electrons. The lowest BCUT2D eigenvalue weighted by molar-refractivity contribution is -0.114. The van der Waals surface area contributed by atoms with Crippen LogP contribution < -0.4 is 10.0 Å². The van der Waals surface area contributed by atoms with E-state index >= 15 is 0 Å². The lowest BCUT2D eigenvalue weighted by Gasteiger charge is -2.10. The van der Waals surface area contributed by atoms with Gasteiger partial charge in [0.05, 0.1) is 18.4 Å².